The molecular weight excluding hydrogens is 430 g/mol. The molecule has 164 valence electrons. The summed E-state index contributed by atoms with van der Waals surface area (Å²) >= 11 is 6.27. The van der Waals surface area contributed by atoms with E-state index in [0.29, 0.717) is 34.2 Å². The molecule has 7 nitrogen and oxygen atoms in total. The second-order valence-corrected chi connectivity index (χ2v) is 9.33. The van der Waals surface area contributed by atoms with Crippen molar-refractivity contribution in [1.82, 2.24) is 5.01 Å². The lowest BCUT2D eigenvalue weighted by molar-refractivity contribution is -0.135. The lowest BCUT2D eigenvalue weighted by Gasteiger charge is -2.42. The van der Waals surface area contributed by atoms with Crippen molar-refractivity contribution in [3.8, 4) is 11.8 Å². The standard InChI is InChI=1S/C24H22ClN3O4/c1-24(2)21(29)20(17-9-13(11-26)7-8-19(17)32-24)31-22-15-10-16(15)23(30)28(27-22)12-14-5-3-4-6-18(14)25/h3-9,15-16,20-21,29H,10,12H2,1-2H3. The molecule has 0 spiro atoms. The van der Waals surface area contributed by atoms with Crippen molar-refractivity contribution < 1.29 is 19.4 Å². The first-order valence-corrected chi connectivity index (χ1v) is 10.9. The molecule has 0 radical (unpaired) electrons. The number of nitriles is 1. The van der Waals surface area contributed by atoms with Gasteiger partial charge in [0, 0.05) is 16.5 Å². The van der Waals surface area contributed by atoms with E-state index in [9.17, 15) is 15.2 Å². The van der Waals surface area contributed by atoms with Crippen LogP contribution in [-0.4, -0.2) is 33.6 Å². The maximum absolute atomic E-state index is 12.8. The number of benzene rings is 2. The SMILES string of the molecule is CC1(C)Oc2ccc(C#N)cc2C(OC2=NN(Cc3ccccc3Cl)C(=O)C3CC23)C1O. The lowest BCUT2D eigenvalue weighted by atomic mass is 9.87. The fourth-order valence-corrected chi connectivity index (χ4v) is 4.45. The Hall–Kier alpha value is -3.08. The first-order chi connectivity index (χ1) is 15.3. The van der Waals surface area contributed by atoms with E-state index in [-0.39, 0.29) is 24.3 Å². The van der Waals surface area contributed by atoms with Crippen LogP contribution in [0.4, 0.5) is 0 Å². The molecule has 1 N–H and O–H groups in total. The highest BCUT2D eigenvalue weighted by molar-refractivity contribution is 6.31. The molecule has 1 fully saturated rings. The summed E-state index contributed by atoms with van der Waals surface area (Å²) in [6.45, 7) is 3.81. The van der Waals surface area contributed by atoms with E-state index in [0.717, 1.165) is 5.56 Å². The Bertz CT molecular complexity index is 1170. The lowest BCUT2D eigenvalue weighted by Crippen LogP contribution is -2.50. The second kappa shape index (κ2) is 7.51. The number of rotatable bonds is 3. The van der Waals surface area contributed by atoms with Gasteiger partial charge in [0.05, 0.1) is 24.1 Å². The average Bonchev–Trinajstić information content (AvgIpc) is 3.57. The van der Waals surface area contributed by atoms with Gasteiger partial charge in [0.2, 0.25) is 11.8 Å². The number of fused-ring (bicyclic) bond motifs is 2. The summed E-state index contributed by atoms with van der Waals surface area (Å²) in [5, 5.41) is 26.8. The monoisotopic (exact) mass is 451 g/mol. The third-order valence-corrected chi connectivity index (χ3v) is 6.61. The Morgan fingerprint density at radius 2 is 2.09 bits per heavy atom. The van der Waals surface area contributed by atoms with Crippen LogP contribution in [0.1, 0.15) is 43.1 Å². The van der Waals surface area contributed by atoms with Gasteiger partial charge in [0.15, 0.2) is 6.10 Å². The molecular formula is C24H22ClN3O4. The topological polar surface area (TPSA) is 95.2 Å². The zero-order chi connectivity index (χ0) is 22.6. The van der Waals surface area contributed by atoms with Gasteiger partial charge >= 0.3 is 0 Å². The minimum absolute atomic E-state index is 0.0534. The van der Waals surface area contributed by atoms with Crippen LogP contribution >= 0.6 is 11.6 Å². The van der Waals surface area contributed by atoms with Crippen LogP contribution in [-0.2, 0) is 16.1 Å². The van der Waals surface area contributed by atoms with E-state index in [4.69, 9.17) is 21.1 Å². The second-order valence-electron chi connectivity index (χ2n) is 8.93. The van der Waals surface area contributed by atoms with Crippen molar-refractivity contribution in [2.45, 2.75) is 44.6 Å². The third kappa shape index (κ3) is 3.50. The number of aliphatic hydroxyl groups excluding tert-OH is 1. The highest BCUT2D eigenvalue weighted by atomic mass is 35.5. The summed E-state index contributed by atoms with van der Waals surface area (Å²) in [5.74, 6) is 0.627. The third-order valence-electron chi connectivity index (χ3n) is 6.24. The van der Waals surface area contributed by atoms with E-state index >= 15 is 0 Å². The van der Waals surface area contributed by atoms with Gasteiger partial charge in [-0.2, -0.15) is 5.26 Å². The zero-order valence-electron chi connectivity index (χ0n) is 17.7. The molecule has 0 bridgehead atoms. The molecule has 2 aromatic carbocycles. The molecule has 0 saturated heterocycles. The van der Waals surface area contributed by atoms with Gasteiger partial charge < -0.3 is 14.6 Å². The number of halogens is 1. The molecule has 0 aromatic heterocycles. The predicted molar refractivity (Wildman–Crippen MR) is 117 cm³/mol. The highest BCUT2D eigenvalue weighted by Crippen LogP contribution is 2.48. The Balaban J connectivity index is 1.48. The molecule has 2 aliphatic heterocycles. The van der Waals surface area contributed by atoms with Gasteiger partial charge in [0.25, 0.3) is 0 Å². The maximum Gasteiger partial charge on any atom is 0.247 e. The van der Waals surface area contributed by atoms with Gasteiger partial charge in [-0.1, -0.05) is 29.8 Å². The smallest absolute Gasteiger partial charge is 0.247 e. The van der Waals surface area contributed by atoms with Crippen LogP contribution in [0.15, 0.2) is 47.6 Å². The first-order valence-electron chi connectivity index (χ1n) is 10.5. The van der Waals surface area contributed by atoms with Gasteiger partial charge in [-0.25, -0.2) is 5.01 Å². The fraction of sp³-hybridized carbons (Fsp3) is 0.375. The van der Waals surface area contributed by atoms with Crippen molar-refractivity contribution >= 4 is 23.4 Å². The van der Waals surface area contributed by atoms with Crippen molar-refractivity contribution in [1.29, 1.82) is 5.26 Å². The van der Waals surface area contributed by atoms with Crippen LogP contribution in [0.3, 0.4) is 0 Å². The minimum Gasteiger partial charge on any atom is -0.485 e. The normalized spacial score (nSPS) is 27.4. The van der Waals surface area contributed by atoms with E-state index in [1.807, 2.05) is 18.2 Å². The van der Waals surface area contributed by atoms with Crippen molar-refractivity contribution in [2.75, 3.05) is 0 Å². The van der Waals surface area contributed by atoms with Crippen LogP contribution in [0.5, 0.6) is 5.75 Å². The molecule has 4 unspecified atom stereocenters. The number of amides is 1. The summed E-state index contributed by atoms with van der Waals surface area (Å²) in [6.07, 6.45) is -1.12. The largest absolute Gasteiger partial charge is 0.485 e. The van der Waals surface area contributed by atoms with Gasteiger partial charge in [-0.05, 0) is 50.1 Å². The molecule has 2 aromatic rings. The van der Waals surface area contributed by atoms with Crippen LogP contribution < -0.4 is 4.74 Å². The Labute approximate surface area is 190 Å². The predicted octanol–water partition coefficient (Wildman–Crippen LogP) is 3.79. The Morgan fingerprint density at radius 3 is 2.84 bits per heavy atom. The summed E-state index contributed by atoms with van der Waals surface area (Å²) in [5.41, 5.74) is 0.918. The molecule has 3 aliphatic rings. The van der Waals surface area contributed by atoms with E-state index in [1.165, 1.54) is 5.01 Å². The van der Waals surface area contributed by atoms with Crippen LogP contribution in [0.25, 0.3) is 0 Å². The number of carbonyl (C=O) groups excluding carboxylic acids is 1. The fourth-order valence-electron chi connectivity index (χ4n) is 4.26. The molecule has 4 atom stereocenters. The average molecular weight is 452 g/mol. The van der Waals surface area contributed by atoms with Crippen molar-refractivity contribution in [2.24, 2.45) is 16.9 Å². The maximum atomic E-state index is 12.8. The number of aliphatic hydroxyl groups is 1. The highest BCUT2D eigenvalue weighted by Gasteiger charge is 2.55. The molecule has 1 amide bonds. The molecule has 5 rings (SSSR count). The number of carbonyl (C=O) groups is 1. The van der Waals surface area contributed by atoms with Crippen molar-refractivity contribution in [3.05, 3.63) is 64.2 Å². The molecule has 1 aliphatic carbocycles. The first kappa shape index (κ1) is 20.8. The van der Waals surface area contributed by atoms with Gasteiger partial charge in [-0.15, -0.1) is 5.10 Å². The summed E-state index contributed by atoms with van der Waals surface area (Å²) in [6, 6.07) is 14.5. The van der Waals surface area contributed by atoms with Crippen LogP contribution in [0.2, 0.25) is 5.02 Å². The number of hydrogen-bond acceptors (Lipinski definition) is 6. The van der Waals surface area contributed by atoms with Gasteiger partial charge in [-0.3, -0.25) is 4.79 Å². The molecule has 8 heteroatoms. The summed E-state index contributed by atoms with van der Waals surface area (Å²) in [4.78, 5) is 12.8. The van der Waals surface area contributed by atoms with Crippen LogP contribution in [0, 0.1) is 23.2 Å². The summed E-state index contributed by atoms with van der Waals surface area (Å²) < 4.78 is 12.2. The number of nitrogens with zero attached hydrogens (tertiary/aromatic N) is 3. The number of hydrazone groups is 1. The van der Waals surface area contributed by atoms with E-state index in [1.54, 1.807) is 38.1 Å². The van der Waals surface area contributed by atoms with Gasteiger partial charge in [0.1, 0.15) is 17.5 Å². The van der Waals surface area contributed by atoms with E-state index in [2.05, 4.69) is 11.2 Å². The molecule has 1 saturated carbocycles. The van der Waals surface area contributed by atoms with Crippen molar-refractivity contribution in [3.63, 3.8) is 0 Å². The minimum atomic E-state index is -1.00. The summed E-state index contributed by atoms with van der Waals surface area (Å²) in [7, 11) is 0. The Kier molecular flexibility index (Phi) is 4.88. The zero-order valence-corrected chi connectivity index (χ0v) is 18.4. The number of hydrogen-bond donors (Lipinski definition) is 1. The molecule has 32 heavy (non-hydrogen) atoms. The molecule has 2 heterocycles. The van der Waals surface area contributed by atoms with E-state index < -0.39 is 17.8 Å². The quantitative estimate of drug-likeness (QED) is 0.765. The Morgan fingerprint density at radius 1 is 1.31 bits per heavy atom. The number of ether oxygens (including phenoxy) is 2.